The van der Waals surface area contributed by atoms with E-state index in [0.717, 1.165) is 13.0 Å². The quantitative estimate of drug-likeness (QED) is 0.724. The zero-order chi connectivity index (χ0) is 11.3. The van der Waals surface area contributed by atoms with Crippen LogP contribution in [0.25, 0.3) is 0 Å². The molecule has 1 saturated heterocycles. The zero-order valence-corrected chi connectivity index (χ0v) is 11.4. The highest BCUT2D eigenvalue weighted by Crippen LogP contribution is 2.27. The molecule has 0 atom stereocenters. The van der Waals surface area contributed by atoms with Crippen molar-refractivity contribution in [3.63, 3.8) is 0 Å². The van der Waals surface area contributed by atoms with Crippen molar-refractivity contribution in [1.29, 1.82) is 0 Å². The van der Waals surface area contributed by atoms with Gasteiger partial charge in [-0.15, -0.1) is 0 Å². The van der Waals surface area contributed by atoms with Crippen LogP contribution >= 0.6 is 0 Å². The predicted molar refractivity (Wildman–Crippen MR) is 68.4 cm³/mol. The molecule has 2 nitrogen and oxygen atoms in total. The average molecular weight is 227 g/mol. The Hall–Kier alpha value is -0.123. The molecule has 0 aromatic heterocycles. The fourth-order valence-electron chi connectivity index (χ4n) is 2.42. The summed E-state index contributed by atoms with van der Waals surface area (Å²) in [6.07, 6.45) is 5.98. The lowest BCUT2D eigenvalue weighted by atomic mass is 10.1. The number of hydrogen-bond donors (Lipinski definition) is 2. The lowest BCUT2D eigenvalue weighted by molar-refractivity contribution is 0.324. The predicted octanol–water partition coefficient (Wildman–Crippen LogP) is 2.59. The molecule has 1 fully saturated rings. The highest BCUT2D eigenvalue weighted by atomic mass is 28.3. The minimum absolute atomic E-state index is 0.271. The highest BCUT2D eigenvalue weighted by Gasteiger charge is 2.30. The first-order valence-corrected chi connectivity index (χ1v) is 9.19. The molecule has 15 heavy (non-hydrogen) atoms. The summed E-state index contributed by atoms with van der Waals surface area (Å²) in [6.45, 7) is 8.37. The van der Waals surface area contributed by atoms with Crippen molar-refractivity contribution >= 4 is 8.24 Å². The Labute approximate surface area is 94.9 Å². The molecule has 0 bridgehead atoms. The lowest BCUT2D eigenvalue weighted by Crippen LogP contribution is -2.51. The molecule has 1 heterocycles. The molecule has 88 valence electrons. The molecule has 1 aliphatic rings. The lowest BCUT2D eigenvalue weighted by Gasteiger charge is -2.34. The summed E-state index contributed by atoms with van der Waals surface area (Å²) in [6, 6.07) is 0. The van der Waals surface area contributed by atoms with Crippen LogP contribution in [0.5, 0.6) is 0 Å². The molecular weight excluding hydrogens is 202 g/mol. The van der Waals surface area contributed by atoms with Gasteiger partial charge in [-0.1, -0.05) is 31.6 Å². The minimum atomic E-state index is -1.38. The topological polar surface area (TPSA) is 32.3 Å². The molecule has 1 rings (SSSR count). The Balaban J connectivity index is 2.80. The van der Waals surface area contributed by atoms with E-state index in [1.807, 2.05) is 0 Å². The van der Waals surface area contributed by atoms with Crippen molar-refractivity contribution in [2.45, 2.75) is 52.1 Å². The number of aliphatic hydroxyl groups excluding tert-OH is 1. The Bertz CT molecular complexity index is 236. The van der Waals surface area contributed by atoms with E-state index in [-0.39, 0.29) is 6.61 Å². The van der Waals surface area contributed by atoms with Gasteiger partial charge in [-0.3, -0.25) is 0 Å². The van der Waals surface area contributed by atoms with E-state index in [2.05, 4.69) is 25.0 Å². The van der Waals surface area contributed by atoms with Crippen molar-refractivity contribution < 1.29 is 5.11 Å². The first-order valence-electron chi connectivity index (χ1n) is 6.19. The maximum absolute atomic E-state index is 9.47. The second kappa shape index (κ2) is 5.82. The largest absolute Gasteiger partial charge is 0.392 e. The summed E-state index contributed by atoms with van der Waals surface area (Å²) >= 11 is 0. The second-order valence-electron chi connectivity index (χ2n) is 5.00. The van der Waals surface area contributed by atoms with Crippen LogP contribution in [0.4, 0.5) is 0 Å². The molecule has 0 amide bonds. The SMILES string of the molecule is CCCC/C(CO)=C1\CCCN[Si]1(C)C. The molecular formula is C12H25NOSi. The van der Waals surface area contributed by atoms with E-state index in [0.29, 0.717) is 0 Å². The third kappa shape index (κ3) is 3.43. The van der Waals surface area contributed by atoms with Gasteiger partial charge in [-0.25, -0.2) is 0 Å². The van der Waals surface area contributed by atoms with Crippen LogP contribution in [0.15, 0.2) is 10.8 Å². The van der Waals surface area contributed by atoms with Crippen molar-refractivity contribution in [3.8, 4) is 0 Å². The summed E-state index contributed by atoms with van der Waals surface area (Å²) in [4.78, 5) is 3.67. The van der Waals surface area contributed by atoms with Crippen LogP contribution in [-0.2, 0) is 0 Å². The van der Waals surface area contributed by atoms with Crippen molar-refractivity contribution in [1.82, 2.24) is 4.98 Å². The monoisotopic (exact) mass is 227 g/mol. The number of hydrogen-bond acceptors (Lipinski definition) is 2. The molecule has 0 radical (unpaired) electrons. The second-order valence-corrected chi connectivity index (χ2v) is 9.21. The van der Waals surface area contributed by atoms with E-state index >= 15 is 0 Å². The summed E-state index contributed by atoms with van der Waals surface area (Å²) in [7, 11) is -1.38. The first kappa shape index (κ1) is 12.9. The molecule has 0 aromatic carbocycles. The van der Waals surface area contributed by atoms with E-state index in [1.165, 1.54) is 31.3 Å². The van der Waals surface area contributed by atoms with Crippen LogP contribution in [-0.4, -0.2) is 26.5 Å². The van der Waals surface area contributed by atoms with E-state index in [9.17, 15) is 5.11 Å². The maximum atomic E-state index is 9.47. The van der Waals surface area contributed by atoms with Crippen molar-refractivity contribution in [2.75, 3.05) is 13.2 Å². The molecule has 2 N–H and O–H groups in total. The Morgan fingerprint density at radius 1 is 1.47 bits per heavy atom. The molecule has 0 spiro atoms. The fraction of sp³-hybridized carbons (Fsp3) is 0.833. The van der Waals surface area contributed by atoms with Gasteiger partial charge in [0.05, 0.1) is 6.61 Å². The van der Waals surface area contributed by atoms with Crippen molar-refractivity contribution in [3.05, 3.63) is 10.8 Å². The van der Waals surface area contributed by atoms with Crippen molar-refractivity contribution in [2.24, 2.45) is 0 Å². The Morgan fingerprint density at radius 3 is 2.73 bits per heavy atom. The van der Waals surface area contributed by atoms with E-state index in [1.54, 1.807) is 5.20 Å². The number of unbranched alkanes of at least 4 members (excludes halogenated alkanes) is 1. The van der Waals surface area contributed by atoms with Crippen LogP contribution in [0.3, 0.4) is 0 Å². The molecule has 0 saturated carbocycles. The molecule has 3 heteroatoms. The van der Waals surface area contributed by atoms with Crippen LogP contribution < -0.4 is 4.98 Å². The van der Waals surface area contributed by atoms with E-state index in [4.69, 9.17) is 0 Å². The molecule has 1 aliphatic heterocycles. The smallest absolute Gasteiger partial charge is 0.147 e. The summed E-state index contributed by atoms with van der Waals surface area (Å²) < 4.78 is 0. The van der Waals surface area contributed by atoms with Gasteiger partial charge < -0.3 is 10.1 Å². The van der Waals surface area contributed by atoms with Gasteiger partial charge in [-0.05, 0) is 37.8 Å². The maximum Gasteiger partial charge on any atom is 0.147 e. The fourth-order valence-corrected chi connectivity index (χ4v) is 5.32. The average Bonchev–Trinajstić information content (AvgIpc) is 2.20. The van der Waals surface area contributed by atoms with Gasteiger partial charge >= 0.3 is 0 Å². The summed E-state index contributed by atoms with van der Waals surface area (Å²) in [5, 5.41) is 11.1. The van der Waals surface area contributed by atoms with Gasteiger partial charge in [0.2, 0.25) is 0 Å². The van der Waals surface area contributed by atoms with Crippen LogP contribution in [0.1, 0.15) is 39.0 Å². The van der Waals surface area contributed by atoms with Crippen LogP contribution in [0, 0.1) is 0 Å². The summed E-state index contributed by atoms with van der Waals surface area (Å²) in [5.41, 5.74) is 1.33. The van der Waals surface area contributed by atoms with Gasteiger partial charge in [0.1, 0.15) is 8.24 Å². The van der Waals surface area contributed by atoms with Gasteiger partial charge in [0.15, 0.2) is 0 Å². The van der Waals surface area contributed by atoms with Crippen LogP contribution in [0.2, 0.25) is 13.1 Å². The normalized spacial score (nSPS) is 24.0. The number of aliphatic hydroxyl groups is 1. The van der Waals surface area contributed by atoms with Gasteiger partial charge in [0, 0.05) is 0 Å². The van der Waals surface area contributed by atoms with Gasteiger partial charge in [0.25, 0.3) is 0 Å². The zero-order valence-electron chi connectivity index (χ0n) is 10.4. The number of allylic oxidation sites excluding steroid dienone is 1. The number of nitrogens with one attached hydrogen (secondary N) is 1. The first-order chi connectivity index (χ1) is 7.11. The third-order valence-electron chi connectivity index (χ3n) is 3.37. The standard InChI is InChI=1S/C12H25NOSi/c1-4-5-7-11(10-14)12-8-6-9-13-15(12,2)3/h13-14H,4-10H2,1-3H3/b12-11-. The molecule has 0 aromatic rings. The number of rotatable bonds is 4. The molecule has 0 unspecified atom stereocenters. The summed E-state index contributed by atoms with van der Waals surface area (Å²) in [5.74, 6) is 0. The Kier molecular flexibility index (Phi) is 5.03. The molecule has 0 aliphatic carbocycles. The third-order valence-corrected chi connectivity index (χ3v) is 6.62. The van der Waals surface area contributed by atoms with Gasteiger partial charge in [-0.2, -0.15) is 0 Å². The Morgan fingerprint density at radius 2 is 2.20 bits per heavy atom. The highest BCUT2D eigenvalue weighted by molar-refractivity contribution is 6.82. The van der Waals surface area contributed by atoms with E-state index < -0.39 is 8.24 Å². The minimum Gasteiger partial charge on any atom is -0.392 e.